The number of ether oxygens (including phenoxy) is 1. The van der Waals surface area contributed by atoms with Gasteiger partial charge in [-0.3, -0.25) is 4.79 Å². The maximum atomic E-state index is 13.5. The quantitative estimate of drug-likeness (QED) is 0.615. The van der Waals surface area contributed by atoms with E-state index < -0.39 is 27.9 Å². The fourth-order valence-electron chi connectivity index (χ4n) is 2.73. The Bertz CT molecular complexity index is 1070. The van der Waals surface area contributed by atoms with Gasteiger partial charge in [-0.2, -0.15) is 0 Å². The molecule has 0 bridgehead atoms. The fraction of sp³-hybridized carbons (Fsp3) is 0.381. The third kappa shape index (κ3) is 6.31. The fourth-order valence-corrected chi connectivity index (χ4v) is 3.10. The van der Waals surface area contributed by atoms with Crippen LogP contribution in [0.5, 0.6) is 0 Å². The van der Waals surface area contributed by atoms with Gasteiger partial charge >= 0.3 is 5.97 Å². The lowest BCUT2D eigenvalue weighted by Crippen LogP contribution is -2.27. The number of aliphatic hydroxyl groups is 1. The van der Waals surface area contributed by atoms with Crippen LogP contribution in [0.1, 0.15) is 37.4 Å². The van der Waals surface area contributed by atoms with Crippen LogP contribution in [0.15, 0.2) is 30.3 Å². The molecule has 1 aromatic heterocycles. The first-order valence-corrected chi connectivity index (χ1v) is 11.3. The minimum absolute atomic E-state index is 0.0298. The van der Waals surface area contributed by atoms with Gasteiger partial charge in [0.05, 0.1) is 37.3 Å². The summed E-state index contributed by atoms with van der Waals surface area (Å²) in [5.41, 5.74) is 1.96. The van der Waals surface area contributed by atoms with Crippen LogP contribution < -0.4 is 4.31 Å². The number of carbonyl (C=O) groups is 1. The molecule has 2 aromatic rings. The van der Waals surface area contributed by atoms with Crippen molar-refractivity contribution in [1.29, 1.82) is 0 Å². The van der Waals surface area contributed by atoms with Gasteiger partial charge in [-0.1, -0.05) is 26.0 Å². The molecular formula is C21H26FN3O5S. The molecule has 0 saturated carbocycles. The number of benzene rings is 1. The zero-order valence-electron chi connectivity index (χ0n) is 18.0. The second-order valence-electron chi connectivity index (χ2n) is 7.27. The number of hydrogen-bond donors (Lipinski definition) is 1. The van der Waals surface area contributed by atoms with Crippen LogP contribution in [0, 0.1) is 5.82 Å². The summed E-state index contributed by atoms with van der Waals surface area (Å²) < 4.78 is 43.1. The molecule has 31 heavy (non-hydrogen) atoms. The van der Waals surface area contributed by atoms with E-state index in [9.17, 15) is 22.7 Å². The maximum absolute atomic E-state index is 13.5. The molecule has 1 unspecified atom stereocenters. The molecule has 1 N–H and O–H groups in total. The highest BCUT2D eigenvalue weighted by Crippen LogP contribution is 2.31. The van der Waals surface area contributed by atoms with Crippen molar-refractivity contribution in [3.05, 3.63) is 47.4 Å². The van der Waals surface area contributed by atoms with Crippen molar-refractivity contribution in [1.82, 2.24) is 9.97 Å². The molecule has 2 rings (SSSR count). The molecule has 8 nitrogen and oxygen atoms in total. The van der Waals surface area contributed by atoms with Crippen molar-refractivity contribution < 1.29 is 27.4 Å². The van der Waals surface area contributed by atoms with Gasteiger partial charge in [0.2, 0.25) is 16.0 Å². The Morgan fingerprint density at radius 2 is 1.87 bits per heavy atom. The Morgan fingerprint density at radius 3 is 2.39 bits per heavy atom. The smallest absolute Gasteiger partial charge is 0.308 e. The van der Waals surface area contributed by atoms with E-state index >= 15 is 0 Å². The van der Waals surface area contributed by atoms with Crippen LogP contribution >= 0.6 is 0 Å². The lowest BCUT2D eigenvalue weighted by molar-refractivity contribution is -0.142. The second-order valence-corrected chi connectivity index (χ2v) is 9.28. The Hall–Kier alpha value is -2.85. The number of rotatable bonds is 8. The van der Waals surface area contributed by atoms with Crippen LogP contribution in [-0.2, 0) is 19.6 Å². The molecule has 0 aliphatic carbocycles. The average molecular weight is 452 g/mol. The van der Waals surface area contributed by atoms with Gasteiger partial charge in [0.25, 0.3) is 0 Å². The molecule has 1 aromatic carbocycles. The van der Waals surface area contributed by atoms with Gasteiger partial charge in [-0.15, -0.1) is 0 Å². The predicted octanol–water partition coefficient (Wildman–Crippen LogP) is 2.74. The lowest BCUT2D eigenvalue weighted by atomic mass is 9.97. The minimum Gasteiger partial charge on any atom is -0.469 e. The molecular weight excluding hydrogens is 425 g/mol. The molecule has 0 fully saturated rings. The summed E-state index contributed by atoms with van der Waals surface area (Å²) in [5, 5.41) is 10.1. The molecule has 0 saturated heterocycles. The first kappa shape index (κ1) is 24.4. The van der Waals surface area contributed by atoms with Gasteiger partial charge < -0.3 is 9.84 Å². The topological polar surface area (TPSA) is 110 Å². The normalized spacial score (nSPS) is 12.9. The molecule has 0 amide bonds. The van der Waals surface area contributed by atoms with Crippen LogP contribution in [0.25, 0.3) is 17.3 Å². The number of nitrogens with zero attached hydrogens (tertiary/aromatic N) is 3. The number of sulfonamides is 1. The minimum atomic E-state index is -3.62. The van der Waals surface area contributed by atoms with Crippen molar-refractivity contribution in [3.63, 3.8) is 0 Å². The molecule has 168 valence electrons. The summed E-state index contributed by atoms with van der Waals surface area (Å²) in [7, 11) is -1.04. The van der Waals surface area contributed by atoms with Crippen LogP contribution in [0.3, 0.4) is 0 Å². The van der Waals surface area contributed by atoms with E-state index in [1.54, 1.807) is 6.08 Å². The highest BCUT2D eigenvalue weighted by Gasteiger charge is 2.22. The van der Waals surface area contributed by atoms with Crippen LogP contribution in [0.4, 0.5) is 10.3 Å². The summed E-state index contributed by atoms with van der Waals surface area (Å²) in [6.07, 6.45) is 2.69. The summed E-state index contributed by atoms with van der Waals surface area (Å²) in [6, 6.07) is 5.58. The summed E-state index contributed by atoms with van der Waals surface area (Å²) in [4.78, 5) is 20.3. The molecule has 1 atom stereocenters. The number of esters is 1. The highest BCUT2D eigenvalue weighted by molar-refractivity contribution is 7.92. The van der Waals surface area contributed by atoms with E-state index in [-0.39, 0.29) is 18.3 Å². The van der Waals surface area contributed by atoms with E-state index in [0.29, 0.717) is 22.5 Å². The molecule has 10 heteroatoms. The Morgan fingerprint density at radius 1 is 1.26 bits per heavy atom. The largest absolute Gasteiger partial charge is 0.469 e. The van der Waals surface area contributed by atoms with E-state index in [0.717, 1.165) is 10.6 Å². The molecule has 0 aliphatic heterocycles. The maximum Gasteiger partial charge on any atom is 0.308 e. The monoisotopic (exact) mass is 451 g/mol. The lowest BCUT2D eigenvalue weighted by Gasteiger charge is -2.20. The number of hydrogen-bond acceptors (Lipinski definition) is 7. The first-order valence-electron chi connectivity index (χ1n) is 9.48. The third-order valence-corrected chi connectivity index (χ3v) is 5.65. The van der Waals surface area contributed by atoms with Crippen molar-refractivity contribution in [3.8, 4) is 11.3 Å². The van der Waals surface area contributed by atoms with Crippen molar-refractivity contribution in [2.75, 3.05) is 24.7 Å². The number of halogens is 1. The molecule has 0 radical (unpaired) electrons. The van der Waals surface area contributed by atoms with E-state index in [1.165, 1.54) is 44.5 Å². The third-order valence-electron chi connectivity index (χ3n) is 4.50. The zero-order chi connectivity index (χ0) is 23.3. The number of methoxy groups -OCH3 is 1. The standard InChI is InChI=1S/C21H26FN3O5S/c1-13(2)19-17(11-10-16(26)12-18(27)30-4)20(14-6-8-15(22)9-7-14)24-21(23-19)25(3)31(5,28)29/h6-11,13,16,26H,12H2,1-5H3/b11-10+. The van der Waals surface area contributed by atoms with Gasteiger partial charge in [0.15, 0.2) is 0 Å². The van der Waals surface area contributed by atoms with Crippen molar-refractivity contribution in [2.45, 2.75) is 32.3 Å². The summed E-state index contributed by atoms with van der Waals surface area (Å²) >= 11 is 0. The van der Waals surface area contributed by atoms with Gasteiger partial charge in [-0.05, 0) is 30.2 Å². The SMILES string of the molecule is COC(=O)CC(O)/C=C/c1c(-c2ccc(F)cc2)nc(N(C)S(C)(=O)=O)nc1C(C)C. The highest BCUT2D eigenvalue weighted by atomic mass is 32.2. The van der Waals surface area contributed by atoms with E-state index in [4.69, 9.17) is 0 Å². The van der Waals surface area contributed by atoms with Crippen LogP contribution in [0.2, 0.25) is 0 Å². The average Bonchev–Trinajstić information content (AvgIpc) is 2.70. The number of aromatic nitrogens is 2. The molecule has 0 spiro atoms. The van der Waals surface area contributed by atoms with Crippen molar-refractivity contribution >= 4 is 28.0 Å². The van der Waals surface area contributed by atoms with Gasteiger partial charge in [0, 0.05) is 18.2 Å². The van der Waals surface area contributed by atoms with E-state index in [2.05, 4.69) is 14.7 Å². The number of carbonyl (C=O) groups excluding carboxylic acids is 1. The van der Waals surface area contributed by atoms with Gasteiger partial charge in [-0.25, -0.2) is 27.1 Å². The Kier molecular flexibility index (Phi) is 7.85. The van der Waals surface area contributed by atoms with Crippen molar-refractivity contribution in [2.24, 2.45) is 0 Å². The van der Waals surface area contributed by atoms with Gasteiger partial charge in [0.1, 0.15) is 5.82 Å². The van der Waals surface area contributed by atoms with Crippen LogP contribution in [-0.4, -0.2) is 56.0 Å². The molecule has 1 heterocycles. The number of anilines is 1. The Labute approximate surface area is 181 Å². The summed E-state index contributed by atoms with van der Waals surface area (Å²) in [6.45, 7) is 3.76. The number of aliphatic hydroxyl groups excluding tert-OH is 1. The first-order chi connectivity index (χ1) is 14.4. The zero-order valence-corrected chi connectivity index (χ0v) is 18.9. The Balaban J connectivity index is 2.70. The molecule has 0 aliphatic rings. The second kappa shape index (κ2) is 9.97. The van der Waals surface area contributed by atoms with E-state index in [1.807, 2.05) is 13.8 Å². The summed E-state index contributed by atoms with van der Waals surface area (Å²) in [5.74, 6) is -1.16. The predicted molar refractivity (Wildman–Crippen MR) is 116 cm³/mol.